The summed E-state index contributed by atoms with van der Waals surface area (Å²) in [5.74, 6) is 0. The Labute approximate surface area is 107 Å². The van der Waals surface area contributed by atoms with Gasteiger partial charge in [-0.3, -0.25) is 0 Å². The van der Waals surface area contributed by atoms with E-state index in [0.717, 1.165) is 11.4 Å². The predicted octanol–water partition coefficient (Wildman–Crippen LogP) is 3.92. The summed E-state index contributed by atoms with van der Waals surface area (Å²) in [6.07, 6.45) is 3.59. The Morgan fingerprint density at radius 2 is 2.06 bits per heavy atom. The SMILES string of the molecule is CNC(Cc1ccc(Cl)cc1Cl)C1(C)CC1. The van der Waals surface area contributed by atoms with Gasteiger partial charge in [-0.15, -0.1) is 0 Å². The van der Waals surface area contributed by atoms with E-state index in [0.29, 0.717) is 16.5 Å². The molecule has 1 N–H and O–H groups in total. The summed E-state index contributed by atoms with van der Waals surface area (Å²) in [6, 6.07) is 6.26. The molecule has 2 rings (SSSR count). The summed E-state index contributed by atoms with van der Waals surface area (Å²) in [6.45, 7) is 2.33. The van der Waals surface area contributed by atoms with E-state index in [-0.39, 0.29) is 0 Å². The highest BCUT2D eigenvalue weighted by Crippen LogP contribution is 2.49. The van der Waals surface area contributed by atoms with Crippen molar-refractivity contribution >= 4 is 23.2 Å². The smallest absolute Gasteiger partial charge is 0.0453 e. The highest BCUT2D eigenvalue weighted by atomic mass is 35.5. The van der Waals surface area contributed by atoms with Gasteiger partial charge in [-0.05, 0) is 49.4 Å². The van der Waals surface area contributed by atoms with Gasteiger partial charge in [-0.25, -0.2) is 0 Å². The molecule has 0 aliphatic heterocycles. The van der Waals surface area contributed by atoms with Gasteiger partial charge in [-0.1, -0.05) is 36.2 Å². The van der Waals surface area contributed by atoms with Crippen molar-refractivity contribution in [2.75, 3.05) is 7.05 Å². The van der Waals surface area contributed by atoms with Crippen molar-refractivity contribution in [3.05, 3.63) is 33.8 Å². The average molecular weight is 258 g/mol. The van der Waals surface area contributed by atoms with Crippen molar-refractivity contribution < 1.29 is 0 Å². The number of benzene rings is 1. The largest absolute Gasteiger partial charge is 0.316 e. The van der Waals surface area contributed by atoms with E-state index in [4.69, 9.17) is 23.2 Å². The maximum absolute atomic E-state index is 6.19. The quantitative estimate of drug-likeness (QED) is 0.863. The Bertz CT molecular complexity index is 386. The van der Waals surface area contributed by atoms with Crippen LogP contribution >= 0.6 is 23.2 Å². The lowest BCUT2D eigenvalue weighted by Gasteiger charge is -2.23. The van der Waals surface area contributed by atoms with Gasteiger partial charge in [0.1, 0.15) is 0 Å². The summed E-state index contributed by atoms with van der Waals surface area (Å²) < 4.78 is 0. The molecule has 1 aromatic rings. The minimum absolute atomic E-state index is 0.456. The zero-order valence-corrected chi connectivity index (χ0v) is 11.2. The number of rotatable bonds is 4. The summed E-state index contributed by atoms with van der Waals surface area (Å²) in [5, 5.41) is 4.88. The molecule has 0 aromatic heterocycles. The van der Waals surface area contributed by atoms with Gasteiger partial charge in [0, 0.05) is 16.1 Å². The van der Waals surface area contributed by atoms with Gasteiger partial charge in [0.15, 0.2) is 0 Å². The first kappa shape index (κ1) is 12.2. The van der Waals surface area contributed by atoms with Gasteiger partial charge in [0.05, 0.1) is 0 Å². The maximum atomic E-state index is 6.19. The van der Waals surface area contributed by atoms with Crippen LogP contribution in [-0.4, -0.2) is 13.1 Å². The fraction of sp³-hybridized carbons (Fsp3) is 0.538. The minimum Gasteiger partial charge on any atom is -0.316 e. The monoisotopic (exact) mass is 257 g/mol. The molecule has 3 heteroatoms. The highest BCUT2D eigenvalue weighted by molar-refractivity contribution is 6.35. The van der Waals surface area contributed by atoms with Gasteiger partial charge in [0.25, 0.3) is 0 Å². The van der Waals surface area contributed by atoms with Crippen molar-refractivity contribution in [1.29, 1.82) is 0 Å². The second kappa shape index (κ2) is 4.56. The Morgan fingerprint density at radius 3 is 2.56 bits per heavy atom. The molecule has 16 heavy (non-hydrogen) atoms. The maximum Gasteiger partial charge on any atom is 0.0453 e. The van der Waals surface area contributed by atoms with E-state index >= 15 is 0 Å². The first-order valence-electron chi connectivity index (χ1n) is 5.66. The molecule has 0 saturated heterocycles. The molecule has 1 atom stereocenters. The van der Waals surface area contributed by atoms with E-state index in [9.17, 15) is 0 Å². The molecule has 1 unspecified atom stereocenters. The molecule has 1 nitrogen and oxygen atoms in total. The number of halogens is 2. The zero-order chi connectivity index (χ0) is 11.8. The third-order valence-electron chi connectivity index (χ3n) is 3.67. The van der Waals surface area contributed by atoms with Gasteiger partial charge in [-0.2, -0.15) is 0 Å². The molecule has 1 fully saturated rings. The normalized spacial score (nSPS) is 19.5. The van der Waals surface area contributed by atoms with E-state index < -0.39 is 0 Å². The van der Waals surface area contributed by atoms with Gasteiger partial charge in [0.2, 0.25) is 0 Å². The number of nitrogens with one attached hydrogen (secondary N) is 1. The van der Waals surface area contributed by atoms with Crippen LogP contribution in [0.2, 0.25) is 10.0 Å². The molecule has 1 aliphatic rings. The first-order valence-corrected chi connectivity index (χ1v) is 6.42. The van der Waals surface area contributed by atoms with Crippen LogP contribution in [0.15, 0.2) is 18.2 Å². The average Bonchev–Trinajstić information content (AvgIpc) is 2.96. The molecular weight excluding hydrogens is 241 g/mol. The molecule has 88 valence electrons. The second-order valence-electron chi connectivity index (χ2n) is 4.94. The van der Waals surface area contributed by atoms with Gasteiger partial charge < -0.3 is 5.32 Å². The van der Waals surface area contributed by atoms with Gasteiger partial charge >= 0.3 is 0 Å². The lowest BCUT2D eigenvalue weighted by atomic mass is 9.92. The van der Waals surface area contributed by atoms with E-state index in [1.165, 1.54) is 18.4 Å². The lowest BCUT2D eigenvalue weighted by Crippen LogP contribution is -2.35. The Morgan fingerprint density at radius 1 is 1.38 bits per heavy atom. The fourth-order valence-electron chi connectivity index (χ4n) is 2.15. The van der Waals surface area contributed by atoms with Crippen molar-refractivity contribution in [1.82, 2.24) is 5.32 Å². The molecule has 0 amide bonds. The van der Waals surface area contributed by atoms with Crippen LogP contribution in [-0.2, 0) is 6.42 Å². The van der Waals surface area contributed by atoms with Crippen molar-refractivity contribution in [2.24, 2.45) is 5.41 Å². The molecular formula is C13H17Cl2N. The number of hydrogen-bond acceptors (Lipinski definition) is 1. The second-order valence-corrected chi connectivity index (χ2v) is 5.78. The van der Waals surface area contributed by atoms with Crippen LogP contribution in [0.1, 0.15) is 25.3 Å². The highest BCUT2D eigenvalue weighted by Gasteiger charge is 2.43. The molecule has 1 aromatic carbocycles. The first-order chi connectivity index (χ1) is 7.55. The zero-order valence-electron chi connectivity index (χ0n) is 9.69. The number of likely N-dealkylation sites (N-methyl/N-ethyl adjacent to an activating group) is 1. The van der Waals surface area contributed by atoms with Crippen LogP contribution in [0.5, 0.6) is 0 Å². The molecule has 0 bridgehead atoms. The van der Waals surface area contributed by atoms with E-state index in [1.54, 1.807) is 0 Å². The number of hydrogen-bond donors (Lipinski definition) is 1. The van der Waals surface area contributed by atoms with Crippen LogP contribution in [0, 0.1) is 5.41 Å². The molecule has 1 aliphatic carbocycles. The predicted molar refractivity (Wildman–Crippen MR) is 70.4 cm³/mol. The molecule has 0 radical (unpaired) electrons. The molecule has 0 spiro atoms. The van der Waals surface area contributed by atoms with Crippen molar-refractivity contribution in [3.8, 4) is 0 Å². The molecule has 1 saturated carbocycles. The third kappa shape index (κ3) is 2.53. The van der Waals surface area contributed by atoms with Crippen molar-refractivity contribution in [3.63, 3.8) is 0 Å². The summed E-state index contributed by atoms with van der Waals surface area (Å²) in [5.41, 5.74) is 1.64. The van der Waals surface area contributed by atoms with E-state index in [1.807, 2.05) is 25.2 Å². The summed E-state index contributed by atoms with van der Waals surface area (Å²) in [4.78, 5) is 0. The van der Waals surface area contributed by atoms with Crippen LogP contribution in [0.3, 0.4) is 0 Å². The minimum atomic E-state index is 0.456. The third-order valence-corrected chi connectivity index (χ3v) is 4.25. The Hall–Kier alpha value is -0.240. The molecule has 0 heterocycles. The van der Waals surface area contributed by atoms with E-state index in [2.05, 4.69) is 12.2 Å². The topological polar surface area (TPSA) is 12.0 Å². The fourth-order valence-corrected chi connectivity index (χ4v) is 2.64. The summed E-state index contributed by atoms with van der Waals surface area (Å²) >= 11 is 12.1. The summed E-state index contributed by atoms with van der Waals surface area (Å²) in [7, 11) is 2.03. The Balaban J connectivity index is 2.13. The van der Waals surface area contributed by atoms with Crippen LogP contribution in [0.25, 0.3) is 0 Å². The van der Waals surface area contributed by atoms with Crippen molar-refractivity contribution in [2.45, 2.75) is 32.2 Å². The van der Waals surface area contributed by atoms with Crippen LogP contribution < -0.4 is 5.32 Å². The lowest BCUT2D eigenvalue weighted by molar-refractivity contribution is 0.376. The van der Waals surface area contributed by atoms with Crippen LogP contribution in [0.4, 0.5) is 0 Å². The Kier molecular flexibility index (Phi) is 3.48. The standard InChI is InChI=1S/C13H17Cl2N/c1-13(5-6-13)12(16-2)7-9-3-4-10(14)8-11(9)15/h3-4,8,12,16H,5-7H2,1-2H3.